The molecule has 4 rings (SSSR count). The second kappa shape index (κ2) is 6.66. The molecule has 0 radical (unpaired) electrons. The van der Waals surface area contributed by atoms with Crippen LogP contribution >= 0.6 is 11.6 Å². The Kier molecular flexibility index (Phi) is 4.31. The van der Waals surface area contributed by atoms with Crippen LogP contribution in [0, 0.1) is 5.92 Å². The fourth-order valence-corrected chi connectivity index (χ4v) is 3.65. The van der Waals surface area contributed by atoms with Gasteiger partial charge in [0.05, 0.1) is 29.6 Å². The third kappa shape index (κ3) is 3.14. The van der Waals surface area contributed by atoms with Crippen LogP contribution in [0.2, 0.25) is 5.02 Å². The summed E-state index contributed by atoms with van der Waals surface area (Å²) < 4.78 is 1.98. The van der Waals surface area contributed by atoms with E-state index in [1.54, 1.807) is 12.5 Å². The molecule has 0 aliphatic carbocycles. The molecule has 0 fully saturated rings. The first-order chi connectivity index (χ1) is 12.9. The van der Waals surface area contributed by atoms with Crippen molar-refractivity contribution in [3.05, 3.63) is 53.1 Å². The standard InChI is InChI=1S/C19H18ClN5O2/c1-10(2)3-16(14-6-13(20)4-11-8-23-24-17(11)14)25-9-22-15-5-12(19(26)27)7-21-18(15)25/h4-10,16H,3H2,1-2H3,(H,23,24)(H,26,27). The number of nitrogens with one attached hydrogen (secondary N) is 1. The lowest BCUT2D eigenvalue weighted by atomic mass is 9.95. The minimum atomic E-state index is -1.02. The third-order valence-electron chi connectivity index (χ3n) is 4.59. The van der Waals surface area contributed by atoms with Crippen LogP contribution in [0.5, 0.6) is 0 Å². The minimum Gasteiger partial charge on any atom is -0.478 e. The smallest absolute Gasteiger partial charge is 0.337 e. The zero-order chi connectivity index (χ0) is 19.1. The highest BCUT2D eigenvalue weighted by Crippen LogP contribution is 2.34. The number of halogens is 1. The molecule has 0 saturated heterocycles. The number of nitrogens with zero attached hydrogens (tertiary/aromatic N) is 4. The molecule has 7 nitrogen and oxygen atoms in total. The summed E-state index contributed by atoms with van der Waals surface area (Å²) in [5.41, 5.74) is 3.23. The Morgan fingerprint density at radius 3 is 2.81 bits per heavy atom. The summed E-state index contributed by atoms with van der Waals surface area (Å²) in [6.07, 6.45) is 5.65. The van der Waals surface area contributed by atoms with Gasteiger partial charge in [0.1, 0.15) is 5.52 Å². The number of fused-ring (bicyclic) bond motifs is 2. The van der Waals surface area contributed by atoms with Crippen molar-refractivity contribution in [3.8, 4) is 0 Å². The molecule has 0 aliphatic rings. The predicted octanol–water partition coefficient (Wildman–Crippen LogP) is 4.29. The Morgan fingerprint density at radius 2 is 2.07 bits per heavy atom. The molecule has 3 aromatic heterocycles. The molecule has 2 N–H and O–H groups in total. The summed E-state index contributed by atoms with van der Waals surface area (Å²) in [5, 5.41) is 18.0. The molecule has 4 aromatic rings. The lowest BCUT2D eigenvalue weighted by Crippen LogP contribution is -2.14. The van der Waals surface area contributed by atoms with Gasteiger partial charge in [-0.3, -0.25) is 5.10 Å². The summed E-state index contributed by atoms with van der Waals surface area (Å²) in [7, 11) is 0. The van der Waals surface area contributed by atoms with Gasteiger partial charge in [0.15, 0.2) is 5.65 Å². The minimum absolute atomic E-state index is 0.0696. The molecule has 0 saturated carbocycles. The SMILES string of the molecule is CC(C)CC(c1cc(Cl)cc2cn[nH]c12)n1cnc2cc(C(=O)O)cnc21. The quantitative estimate of drug-likeness (QED) is 0.535. The molecule has 27 heavy (non-hydrogen) atoms. The number of carbonyl (C=O) groups is 1. The van der Waals surface area contributed by atoms with Crippen molar-refractivity contribution >= 4 is 39.6 Å². The third-order valence-corrected chi connectivity index (χ3v) is 4.81. The average molecular weight is 384 g/mol. The fourth-order valence-electron chi connectivity index (χ4n) is 3.41. The summed E-state index contributed by atoms with van der Waals surface area (Å²) in [6, 6.07) is 5.28. The van der Waals surface area contributed by atoms with Gasteiger partial charge in [-0.15, -0.1) is 0 Å². The van der Waals surface area contributed by atoms with Gasteiger partial charge in [-0.2, -0.15) is 5.10 Å². The van der Waals surface area contributed by atoms with E-state index in [4.69, 9.17) is 11.6 Å². The molecule has 0 aliphatic heterocycles. The largest absolute Gasteiger partial charge is 0.478 e. The van der Waals surface area contributed by atoms with Crippen LogP contribution in [0.1, 0.15) is 42.2 Å². The maximum atomic E-state index is 11.2. The predicted molar refractivity (Wildman–Crippen MR) is 103 cm³/mol. The number of carboxylic acids is 1. The van der Waals surface area contributed by atoms with Crippen LogP contribution in [0.25, 0.3) is 22.1 Å². The Hall–Kier alpha value is -2.93. The number of aromatic nitrogens is 5. The number of H-pyrrole nitrogens is 1. The summed E-state index contributed by atoms with van der Waals surface area (Å²) in [4.78, 5) is 20.0. The average Bonchev–Trinajstić information content (AvgIpc) is 3.24. The molecule has 0 amide bonds. The number of rotatable bonds is 5. The van der Waals surface area contributed by atoms with E-state index in [1.807, 2.05) is 16.7 Å². The molecule has 8 heteroatoms. The van der Waals surface area contributed by atoms with Gasteiger partial charge in [-0.1, -0.05) is 25.4 Å². The Labute approximate surface area is 160 Å². The number of benzene rings is 1. The van der Waals surface area contributed by atoms with Crippen molar-refractivity contribution in [1.82, 2.24) is 24.7 Å². The molecular formula is C19H18ClN5O2. The van der Waals surface area contributed by atoms with E-state index >= 15 is 0 Å². The van der Waals surface area contributed by atoms with Gasteiger partial charge < -0.3 is 9.67 Å². The van der Waals surface area contributed by atoms with E-state index in [9.17, 15) is 9.90 Å². The van der Waals surface area contributed by atoms with Crippen LogP contribution in [0.3, 0.4) is 0 Å². The maximum absolute atomic E-state index is 11.2. The van der Waals surface area contributed by atoms with Crippen LogP contribution in [-0.4, -0.2) is 35.8 Å². The van der Waals surface area contributed by atoms with Crippen LogP contribution in [-0.2, 0) is 0 Å². The van der Waals surface area contributed by atoms with E-state index in [1.165, 1.54) is 12.3 Å². The molecule has 0 spiro atoms. The van der Waals surface area contributed by atoms with Crippen LogP contribution < -0.4 is 0 Å². The zero-order valence-corrected chi connectivity index (χ0v) is 15.6. The van der Waals surface area contributed by atoms with Gasteiger partial charge in [-0.25, -0.2) is 14.8 Å². The fraction of sp³-hybridized carbons (Fsp3) is 0.263. The topological polar surface area (TPSA) is 96.7 Å². The number of imidazole rings is 1. The number of hydrogen-bond acceptors (Lipinski definition) is 4. The Bertz CT molecular complexity index is 1150. The van der Waals surface area contributed by atoms with E-state index in [2.05, 4.69) is 34.0 Å². The first kappa shape index (κ1) is 17.5. The van der Waals surface area contributed by atoms with Gasteiger partial charge in [0, 0.05) is 22.2 Å². The lowest BCUT2D eigenvalue weighted by Gasteiger charge is -2.22. The van der Waals surface area contributed by atoms with Crippen molar-refractivity contribution < 1.29 is 9.90 Å². The van der Waals surface area contributed by atoms with E-state index in [-0.39, 0.29) is 11.6 Å². The second-order valence-electron chi connectivity index (χ2n) is 7.00. The zero-order valence-electron chi connectivity index (χ0n) is 14.8. The highest BCUT2D eigenvalue weighted by Gasteiger charge is 2.22. The van der Waals surface area contributed by atoms with E-state index in [0.29, 0.717) is 22.1 Å². The van der Waals surface area contributed by atoms with Crippen molar-refractivity contribution in [2.75, 3.05) is 0 Å². The summed E-state index contributed by atoms with van der Waals surface area (Å²) in [5.74, 6) is -0.616. The van der Waals surface area contributed by atoms with Crippen molar-refractivity contribution in [3.63, 3.8) is 0 Å². The molecule has 138 valence electrons. The molecule has 1 unspecified atom stereocenters. The molecule has 0 bridgehead atoms. The second-order valence-corrected chi connectivity index (χ2v) is 7.43. The lowest BCUT2D eigenvalue weighted by molar-refractivity contribution is 0.0696. The molecule has 3 heterocycles. The monoisotopic (exact) mass is 383 g/mol. The first-order valence-electron chi connectivity index (χ1n) is 8.62. The van der Waals surface area contributed by atoms with Crippen LogP contribution in [0.4, 0.5) is 0 Å². The highest BCUT2D eigenvalue weighted by atomic mass is 35.5. The summed E-state index contributed by atoms with van der Waals surface area (Å²) >= 11 is 6.35. The van der Waals surface area contributed by atoms with Gasteiger partial charge in [-0.05, 0) is 30.5 Å². The maximum Gasteiger partial charge on any atom is 0.337 e. The Morgan fingerprint density at radius 1 is 1.26 bits per heavy atom. The van der Waals surface area contributed by atoms with Crippen LogP contribution in [0.15, 0.2) is 36.9 Å². The van der Waals surface area contributed by atoms with E-state index in [0.717, 1.165) is 22.9 Å². The van der Waals surface area contributed by atoms with Crippen molar-refractivity contribution in [2.45, 2.75) is 26.3 Å². The normalized spacial score (nSPS) is 12.9. The number of aromatic amines is 1. The van der Waals surface area contributed by atoms with Gasteiger partial charge in [0.2, 0.25) is 0 Å². The number of pyridine rings is 1. The molecule has 1 aromatic carbocycles. The molecule has 1 atom stereocenters. The summed E-state index contributed by atoms with van der Waals surface area (Å²) in [6.45, 7) is 4.30. The van der Waals surface area contributed by atoms with Crippen molar-refractivity contribution in [2.24, 2.45) is 5.92 Å². The van der Waals surface area contributed by atoms with Crippen molar-refractivity contribution in [1.29, 1.82) is 0 Å². The number of hydrogen-bond donors (Lipinski definition) is 2. The van der Waals surface area contributed by atoms with Gasteiger partial charge in [0.25, 0.3) is 0 Å². The van der Waals surface area contributed by atoms with E-state index < -0.39 is 5.97 Å². The van der Waals surface area contributed by atoms with Gasteiger partial charge >= 0.3 is 5.97 Å². The number of carboxylic acid groups (broad SMARTS) is 1. The Balaban J connectivity index is 1.91. The number of aromatic carboxylic acids is 1. The highest BCUT2D eigenvalue weighted by molar-refractivity contribution is 6.31. The first-order valence-corrected chi connectivity index (χ1v) is 9.00. The molecular weight excluding hydrogens is 366 g/mol.